The van der Waals surface area contributed by atoms with Gasteiger partial charge in [0.2, 0.25) is 0 Å². The Kier molecular flexibility index (Phi) is 10.6. The highest BCUT2D eigenvalue weighted by Crippen LogP contribution is 2.32. The summed E-state index contributed by atoms with van der Waals surface area (Å²) in [6.07, 6.45) is 3.18. The van der Waals surface area contributed by atoms with E-state index >= 15 is 0 Å². The average molecular weight is 412 g/mol. The highest BCUT2D eigenvalue weighted by Gasteiger charge is 2.13. The molecule has 0 aromatic heterocycles. The first kappa shape index (κ1) is 23.4. The zero-order chi connectivity index (χ0) is 20.9. The van der Waals surface area contributed by atoms with E-state index < -0.39 is 11.8 Å². The number of ether oxygens (including phenoxy) is 2. The molecule has 2 aromatic rings. The number of hydrogen-bond donors (Lipinski definition) is 0. The molecule has 28 heavy (non-hydrogen) atoms. The van der Waals surface area contributed by atoms with E-state index in [1.165, 1.54) is 32.4 Å². The van der Waals surface area contributed by atoms with Crippen LogP contribution < -0.4 is 4.74 Å². The summed E-state index contributed by atoms with van der Waals surface area (Å²) in [6.45, 7) is 2.56. The summed E-state index contributed by atoms with van der Waals surface area (Å²) >= 11 is 6.10. The van der Waals surface area contributed by atoms with Crippen LogP contribution >= 0.6 is 11.6 Å². The van der Waals surface area contributed by atoms with Gasteiger partial charge in [0.15, 0.2) is 5.34 Å². The van der Waals surface area contributed by atoms with Crippen molar-refractivity contribution in [3.05, 3.63) is 57.7 Å². The highest BCUT2D eigenvalue weighted by molar-refractivity contribution is 6.33. The van der Waals surface area contributed by atoms with Crippen molar-refractivity contribution in [2.45, 2.75) is 26.2 Å². The summed E-state index contributed by atoms with van der Waals surface area (Å²) < 4.78 is 23.5. The van der Waals surface area contributed by atoms with Crippen molar-refractivity contribution in [1.29, 1.82) is 0 Å². The van der Waals surface area contributed by atoms with Gasteiger partial charge >= 0.3 is 5.97 Å². The molecule has 0 spiro atoms. The summed E-state index contributed by atoms with van der Waals surface area (Å²) in [4.78, 5) is 24.9. The molecule has 0 bridgehead atoms. The number of nitrogens with zero attached hydrogens (tertiary/aromatic N) is 1. The molecule has 6 nitrogen and oxygen atoms in total. The van der Waals surface area contributed by atoms with Crippen LogP contribution in [0.3, 0.4) is 0 Å². The Labute approximate surface area is 168 Å². The molecule has 0 atom stereocenters. The molecule has 0 N–H and O–H groups in total. The maximum absolute atomic E-state index is 14.0. The van der Waals surface area contributed by atoms with E-state index in [4.69, 9.17) is 16.3 Å². The molecular weight excluding hydrogens is 389 g/mol. The highest BCUT2D eigenvalue weighted by atomic mass is 35.5. The van der Waals surface area contributed by atoms with E-state index in [-0.39, 0.29) is 5.02 Å². The van der Waals surface area contributed by atoms with Crippen molar-refractivity contribution in [2.24, 2.45) is 5.34 Å². The lowest BCUT2D eigenvalue weighted by Crippen LogP contribution is -2.01. The van der Waals surface area contributed by atoms with Gasteiger partial charge in [-0.25, -0.2) is 9.18 Å². The fourth-order valence-corrected chi connectivity index (χ4v) is 2.56. The van der Waals surface area contributed by atoms with Gasteiger partial charge in [0, 0.05) is 22.2 Å². The quantitative estimate of drug-likeness (QED) is 0.237. The molecule has 0 unspecified atom stereocenters. The van der Waals surface area contributed by atoms with Gasteiger partial charge in [0.25, 0.3) is 0 Å². The molecule has 2 aromatic carbocycles. The second-order valence-electron chi connectivity index (χ2n) is 5.65. The van der Waals surface area contributed by atoms with Crippen molar-refractivity contribution in [1.82, 2.24) is 0 Å². The number of esters is 1. The van der Waals surface area contributed by atoms with Crippen LogP contribution in [-0.4, -0.2) is 26.8 Å². The smallest absolute Gasteiger partial charge is 0.337 e. The molecule has 152 valence electrons. The lowest BCUT2D eigenvalue weighted by atomic mass is 10.0. The van der Waals surface area contributed by atoms with E-state index in [0.29, 0.717) is 29.0 Å². The molecule has 0 aliphatic carbocycles. The maximum atomic E-state index is 14.0. The average Bonchev–Trinajstić information content (AvgIpc) is 2.71. The Morgan fingerprint density at radius 3 is 2.36 bits per heavy atom. The van der Waals surface area contributed by atoms with Crippen LogP contribution in [0.25, 0.3) is 11.1 Å². The van der Waals surface area contributed by atoms with Crippen LogP contribution in [0.2, 0.25) is 5.02 Å². The number of methoxy groups -OCH3 is 2. The predicted molar refractivity (Wildman–Crippen MR) is 106 cm³/mol. The van der Waals surface area contributed by atoms with E-state index in [1.54, 1.807) is 18.2 Å². The van der Waals surface area contributed by atoms with Crippen molar-refractivity contribution in [2.75, 3.05) is 20.8 Å². The molecule has 0 aliphatic rings. The second-order valence-corrected chi connectivity index (χ2v) is 6.05. The van der Waals surface area contributed by atoms with Crippen molar-refractivity contribution >= 4 is 17.6 Å². The summed E-state index contributed by atoms with van der Waals surface area (Å²) in [5.74, 6) is -0.515. The van der Waals surface area contributed by atoms with Crippen LogP contribution in [0.15, 0.2) is 41.7 Å². The molecule has 2 rings (SSSR count). The largest absolute Gasteiger partial charge is 0.497 e. The van der Waals surface area contributed by atoms with E-state index in [2.05, 4.69) is 21.8 Å². The SMILES string of the molecule is CCCCCON=O.COC(=O)c1ccc(-c2ccc(OC)cc2F)c(Cl)c1. The van der Waals surface area contributed by atoms with Gasteiger partial charge in [0.05, 0.1) is 19.8 Å². The van der Waals surface area contributed by atoms with Gasteiger partial charge in [-0.05, 0) is 30.7 Å². The minimum Gasteiger partial charge on any atom is -0.497 e. The Morgan fingerprint density at radius 1 is 1.11 bits per heavy atom. The van der Waals surface area contributed by atoms with Crippen molar-refractivity contribution in [3.63, 3.8) is 0 Å². The molecular formula is C20H23ClFNO5. The first-order valence-corrected chi connectivity index (χ1v) is 9.02. The fraction of sp³-hybridized carbons (Fsp3) is 0.350. The van der Waals surface area contributed by atoms with Crippen LogP contribution in [-0.2, 0) is 9.57 Å². The summed E-state index contributed by atoms with van der Waals surface area (Å²) in [7, 11) is 2.75. The Hall–Kier alpha value is -2.67. The standard InChI is InChI=1S/C15H12ClFO3.C5H11NO2/c1-19-10-4-6-12(14(17)8-10)11-5-3-9(7-13(11)16)15(18)20-2;1-2-3-4-5-8-6-7/h3-8H,1-2H3;2-5H2,1H3. The monoisotopic (exact) mass is 411 g/mol. The first-order valence-electron chi connectivity index (χ1n) is 8.64. The lowest BCUT2D eigenvalue weighted by molar-refractivity contribution is 0.0600. The lowest BCUT2D eigenvalue weighted by Gasteiger charge is -2.09. The number of halogens is 2. The third kappa shape index (κ3) is 7.15. The maximum Gasteiger partial charge on any atom is 0.337 e. The molecule has 0 heterocycles. The fourth-order valence-electron chi connectivity index (χ4n) is 2.27. The van der Waals surface area contributed by atoms with Gasteiger partial charge in [-0.15, -0.1) is 4.91 Å². The molecule has 0 radical (unpaired) electrons. The van der Waals surface area contributed by atoms with Gasteiger partial charge in [-0.3, -0.25) is 0 Å². The Balaban J connectivity index is 0.000000416. The molecule has 0 aliphatic heterocycles. The first-order chi connectivity index (χ1) is 13.5. The normalized spacial score (nSPS) is 9.75. The van der Waals surface area contributed by atoms with Gasteiger partial charge in [-0.1, -0.05) is 37.4 Å². The van der Waals surface area contributed by atoms with Gasteiger partial charge in [-0.2, -0.15) is 0 Å². The number of rotatable bonds is 8. The molecule has 0 fully saturated rings. The Morgan fingerprint density at radius 2 is 1.82 bits per heavy atom. The topological polar surface area (TPSA) is 74.2 Å². The second kappa shape index (κ2) is 12.7. The van der Waals surface area contributed by atoms with Crippen LogP contribution in [0.1, 0.15) is 36.5 Å². The van der Waals surface area contributed by atoms with E-state index in [9.17, 15) is 14.1 Å². The van der Waals surface area contributed by atoms with Crippen LogP contribution in [0.4, 0.5) is 4.39 Å². The third-order valence-corrected chi connectivity index (χ3v) is 4.06. The van der Waals surface area contributed by atoms with Crippen molar-refractivity contribution < 1.29 is 23.5 Å². The summed E-state index contributed by atoms with van der Waals surface area (Å²) in [5, 5.41) is 2.53. The van der Waals surface area contributed by atoms with Crippen molar-refractivity contribution in [3.8, 4) is 16.9 Å². The minimum atomic E-state index is -0.492. The zero-order valence-electron chi connectivity index (χ0n) is 16.0. The van der Waals surface area contributed by atoms with Crippen LogP contribution in [0.5, 0.6) is 5.75 Å². The van der Waals surface area contributed by atoms with E-state index in [1.807, 2.05) is 0 Å². The zero-order valence-corrected chi connectivity index (χ0v) is 16.8. The summed E-state index contributed by atoms with van der Waals surface area (Å²) in [5.41, 5.74) is 1.15. The number of carbonyl (C=O) groups excluding carboxylic acids is 1. The minimum absolute atomic E-state index is 0.275. The van der Waals surface area contributed by atoms with Gasteiger partial charge < -0.3 is 14.3 Å². The number of benzene rings is 2. The molecule has 0 saturated heterocycles. The van der Waals surface area contributed by atoms with Crippen LogP contribution in [0, 0.1) is 10.7 Å². The number of hydrogen-bond acceptors (Lipinski definition) is 6. The Bertz CT molecular complexity index is 785. The van der Waals surface area contributed by atoms with Gasteiger partial charge in [0.1, 0.15) is 18.2 Å². The predicted octanol–water partition coefficient (Wildman–Crippen LogP) is 5.82. The summed E-state index contributed by atoms with van der Waals surface area (Å²) in [6, 6.07) is 9.07. The number of unbranched alkanes of at least 4 members (excludes halogenated alkanes) is 2. The third-order valence-electron chi connectivity index (χ3n) is 3.75. The molecule has 8 heteroatoms. The number of carbonyl (C=O) groups is 1. The molecule has 0 saturated carbocycles. The molecule has 0 amide bonds. The van der Waals surface area contributed by atoms with E-state index in [0.717, 1.165) is 19.3 Å².